The summed E-state index contributed by atoms with van der Waals surface area (Å²) in [5.41, 5.74) is 0.754. The number of rotatable bonds is 6. The van der Waals surface area contributed by atoms with Crippen LogP contribution in [-0.4, -0.2) is 17.1 Å². The summed E-state index contributed by atoms with van der Waals surface area (Å²) in [6, 6.07) is 12.9. The quantitative estimate of drug-likeness (QED) is 0.706. The lowest BCUT2D eigenvalue weighted by Gasteiger charge is -2.10. The van der Waals surface area contributed by atoms with Gasteiger partial charge in [-0.3, -0.25) is 0 Å². The molecule has 0 unspecified atom stereocenters. The normalized spacial score (nSPS) is 10.4. The van der Waals surface area contributed by atoms with Gasteiger partial charge >= 0.3 is 0 Å². The second kappa shape index (κ2) is 7.57. The van der Waals surface area contributed by atoms with Gasteiger partial charge in [-0.2, -0.15) is 4.98 Å². The van der Waals surface area contributed by atoms with Crippen molar-refractivity contribution in [3.8, 4) is 5.75 Å². The van der Waals surface area contributed by atoms with Crippen molar-refractivity contribution in [1.82, 2.24) is 9.97 Å². The summed E-state index contributed by atoms with van der Waals surface area (Å²) in [4.78, 5) is 8.19. The number of nitrogens with one attached hydrogen (secondary N) is 2. The van der Waals surface area contributed by atoms with Gasteiger partial charge in [0.15, 0.2) is 0 Å². The van der Waals surface area contributed by atoms with Crippen LogP contribution in [0.3, 0.4) is 0 Å². The van der Waals surface area contributed by atoms with Gasteiger partial charge in [0.2, 0.25) is 5.95 Å². The van der Waals surface area contributed by atoms with Crippen molar-refractivity contribution in [2.45, 2.75) is 6.54 Å². The Morgan fingerprint density at radius 3 is 2.40 bits per heavy atom. The van der Waals surface area contributed by atoms with E-state index in [1.807, 2.05) is 24.3 Å². The van der Waals surface area contributed by atoms with Crippen LogP contribution in [0, 0.1) is 11.6 Å². The number of methoxy groups -OCH3 is 1. The molecule has 7 heteroatoms. The third-order valence-corrected chi connectivity index (χ3v) is 3.49. The van der Waals surface area contributed by atoms with Crippen LogP contribution < -0.4 is 15.4 Å². The van der Waals surface area contributed by atoms with E-state index in [2.05, 4.69) is 20.6 Å². The molecule has 0 radical (unpaired) electrons. The average Bonchev–Trinajstić information content (AvgIpc) is 2.64. The first-order chi connectivity index (χ1) is 12.2. The van der Waals surface area contributed by atoms with Gasteiger partial charge in [0.1, 0.15) is 28.9 Å². The molecule has 0 aliphatic heterocycles. The zero-order chi connectivity index (χ0) is 17.6. The van der Waals surface area contributed by atoms with E-state index in [1.54, 1.807) is 13.2 Å². The number of anilines is 3. The van der Waals surface area contributed by atoms with Crippen molar-refractivity contribution in [1.29, 1.82) is 0 Å². The largest absolute Gasteiger partial charge is 0.497 e. The number of ether oxygens (including phenoxy) is 1. The molecule has 0 amide bonds. The first-order valence-corrected chi connectivity index (χ1v) is 7.56. The third-order valence-electron chi connectivity index (χ3n) is 3.49. The maximum Gasteiger partial charge on any atom is 0.229 e. The molecule has 3 aromatic rings. The molecule has 2 aromatic carbocycles. The second-order valence-electron chi connectivity index (χ2n) is 5.19. The summed E-state index contributed by atoms with van der Waals surface area (Å²) in [6.45, 7) is 0.536. The molecule has 25 heavy (non-hydrogen) atoms. The fourth-order valence-electron chi connectivity index (χ4n) is 2.18. The van der Waals surface area contributed by atoms with Crippen LogP contribution in [0.25, 0.3) is 0 Å². The van der Waals surface area contributed by atoms with Crippen LogP contribution in [-0.2, 0) is 6.54 Å². The summed E-state index contributed by atoms with van der Waals surface area (Å²) >= 11 is 0. The van der Waals surface area contributed by atoms with Crippen molar-refractivity contribution < 1.29 is 13.5 Å². The molecule has 2 N–H and O–H groups in total. The van der Waals surface area contributed by atoms with E-state index < -0.39 is 11.6 Å². The van der Waals surface area contributed by atoms with Crippen LogP contribution in [0.4, 0.5) is 26.2 Å². The van der Waals surface area contributed by atoms with Crippen molar-refractivity contribution in [2.75, 3.05) is 17.7 Å². The number of hydrogen-bond donors (Lipinski definition) is 2. The predicted octanol–water partition coefficient (Wildman–Crippen LogP) is 4.12. The number of para-hydroxylation sites is 1. The van der Waals surface area contributed by atoms with E-state index in [0.29, 0.717) is 12.4 Å². The third kappa shape index (κ3) is 4.20. The van der Waals surface area contributed by atoms with E-state index in [-0.39, 0.29) is 11.6 Å². The summed E-state index contributed by atoms with van der Waals surface area (Å²) in [5, 5.41) is 5.70. The maximum absolute atomic E-state index is 13.7. The molecular weight excluding hydrogens is 326 g/mol. The molecule has 0 saturated carbocycles. The Bertz CT molecular complexity index is 836. The first kappa shape index (κ1) is 16.6. The van der Waals surface area contributed by atoms with Crippen molar-refractivity contribution >= 4 is 17.5 Å². The van der Waals surface area contributed by atoms with Crippen LogP contribution in [0.5, 0.6) is 5.75 Å². The summed E-state index contributed by atoms with van der Waals surface area (Å²) in [6.07, 6.45) is 1.50. The lowest BCUT2D eigenvalue weighted by atomic mass is 10.2. The molecule has 0 atom stereocenters. The van der Waals surface area contributed by atoms with Gasteiger partial charge in [-0.1, -0.05) is 18.2 Å². The van der Waals surface area contributed by atoms with Crippen LogP contribution in [0.2, 0.25) is 0 Å². The van der Waals surface area contributed by atoms with E-state index in [0.717, 1.165) is 23.4 Å². The molecule has 0 saturated heterocycles. The monoisotopic (exact) mass is 342 g/mol. The molecule has 3 rings (SSSR count). The fraction of sp³-hybridized carbons (Fsp3) is 0.111. The lowest BCUT2D eigenvalue weighted by Crippen LogP contribution is -2.05. The van der Waals surface area contributed by atoms with Gasteiger partial charge in [0.05, 0.1) is 7.11 Å². The molecular formula is C18H16F2N4O. The molecule has 128 valence electrons. The summed E-state index contributed by atoms with van der Waals surface area (Å²) < 4.78 is 32.5. The van der Waals surface area contributed by atoms with E-state index in [4.69, 9.17) is 4.74 Å². The summed E-state index contributed by atoms with van der Waals surface area (Å²) in [7, 11) is 1.61. The highest BCUT2D eigenvalue weighted by Crippen LogP contribution is 2.21. The first-order valence-electron chi connectivity index (χ1n) is 7.56. The highest BCUT2D eigenvalue weighted by Gasteiger charge is 2.10. The van der Waals surface area contributed by atoms with Gasteiger partial charge < -0.3 is 15.4 Å². The lowest BCUT2D eigenvalue weighted by molar-refractivity contribution is 0.414. The van der Waals surface area contributed by atoms with Crippen LogP contribution in [0.1, 0.15) is 5.56 Å². The number of halogens is 2. The van der Waals surface area contributed by atoms with Gasteiger partial charge in [-0.15, -0.1) is 0 Å². The van der Waals surface area contributed by atoms with Gasteiger partial charge in [0, 0.05) is 12.7 Å². The van der Waals surface area contributed by atoms with Crippen molar-refractivity contribution in [3.05, 3.63) is 71.9 Å². The van der Waals surface area contributed by atoms with Crippen LogP contribution in [0.15, 0.2) is 54.7 Å². The Kier molecular flexibility index (Phi) is 5.03. The zero-order valence-corrected chi connectivity index (χ0v) is 13.5. The van der Waals surface area contributed by atoms with Crippen molar-refractivity contribution in [3.63, 3.8) is 0 Å². The van der Waals surface area contributed by atoms with E-state index >= 15 is 0 Å². The highest BCUT2D eigenvalue weighted by atomic mass is 19.1. The number of aromatic nitrogens is 2. The fourth-order valence-corrected chi connectivity index (χ4v) is 2.18. The topological polar surface area (TPSA) is 59.1 Å². The van der Waals surface area contributed by atoms with Gasteiger partial charge in [0.25, 0.3) is 0 Å². The minimum absolute atomic E-state index is 0.101. The molecule has 0 aliphatic rings. The van der Waals surface area contributed by atoms with E-state index in [9.17, 15) is 8.78 Å². The van der Waals surface area contributed by atoms with Gasteiger partial charge in [-0.25, -0.2) is 13.8 Å². The van der Waals surface area contributed by atoms with E-state index in [1.165, 1.54) is 12.3 Å². The minimum atomic E-state index is -0.708. The Morgan fingerprint density at radius 1 is 1.00 bits per heavy atom. The Balaban J connectivity index is 1.68. The standard InChI is InChI=1S/C18H16F2N4O/c1-25-13-7-5-12(6-8-13)11-22-16-9-10-21-18(23-16)24-17-14(19)3-2-4-15(17)20/h2-10H,11H2,1H3,(H2,21,22,23,24). The molecule has 0 fully saturated rings. The molecule has 5 nitrogen and oxygen atoms in total. The smallest absolute Gasteiger partial charge is 0.229 e. The molecule has 1 aromatic heterocycles. The minimum Gasteiger partial charge on any atom is -0.497 e. The molecule has 0 aliphatic carbocycles. The molecule has 1 heterocycles. The molecule has 0 spiro atoms. The number of hydrogen-bond acceptors (Lipinski definition) is 5. The van der Waals surface area contributed by atoms with Gasteiger partial charge in [-0.05, 0) is 35.9 Å². The predicted molar refractivity (Wildman–Crippen MR) is 92.0 cm³/mol. The highest BCUT2D eigenvalue weighted by molar-refractivity contribution is 5.56. The maximum atomic E-state index is 13.7. The number of nitrogens with zero attached hydrogens (tertiary/aromatic N) is 2. The second-order valence-corrected chi connectivity index (χ2v) is 5.19. The molecule has 0 bridgehead atoms. The number of benzene rings is 2. The SMILES string of the molecule is COc1ccc(CNc2ccnc(Nc3c(F)cccc3F)n2)cc1. The zero-order valence-electron chi connectivity index (χ0n) is 13.5. The Morgan fingerprint density at radius 2 is 1.72 bits per heavy atom. The van der Waals surface area contributed by atoms with Crippen LogP contribution >= 0.6 is 0 Å². The van der Waals surface area contributed by atoms with Crippen molar-refractivity contribution in [2.24, 2.45) is 0 Å². The average molecular weight is 342 g/mol. The Labute approximate surface area is 143 Å². The Hall–Kier alpha value is -3.22. The summed E-state index contributed by atoms with van der Waals surface area (Å²) in [5.74, 6) is -0.00151.